The number of aliphatic hydroxyl groups excluding tert-OH is 8. The molecule has 1 aliphatic carbocycles. The van der Waals surface area contributed by atoms with Crippen LogP contribution >= 0.6 is 0 Å². The highest BCUT2D eigenvalue weighted by Gasteiger charge is 2.54. The van der Waals surface area contributed by atoms with Gasteiger partial charge in [0.15, 0.2) is 6.29 Å². The van der Waals surface area contributed by atoms with E-state index in [1.54, 1.807) is 6.92 Å². The highest BCUT2D eigenvalue weighted by atomic mass is 16.8. The van der Waals surface area contributed by atoms with Crippen molar-refractivity contribution in [3.63, 3.8) is 0 Å². The number of hydrogen-bond acceptors (Lipinski definition) is 18. The third kappa shape index (κ3) is 8.32. The van der Waals surface area contributed by atoms with Gasteiger partial charge >= 0.3 is 17.9 Å². The first-order valence-corrected chi connectivity index (χ1v) is 17.4. The maximum atomic E-state index is 13.4. The van der Waals surface area contributed by atoms with E-state index in [9.17, 15) is 60.3 Å². The number of benzene rings is 2. The van der Waals surface area contributed by atoms with E-state index in [0.717, 1.165) is 6.26 Å². The van der Waals surface area contributed by atoms with Gasteiger partial charge in [0.1, 0.15) is 66.4 Å². The molecule has 9 N–H and O–H groups in total. The predicted molar refractivity (Wildman–Crippen MR) is 178 cm³/mol. The summed E-state index contributed by atoms with van der Waals surface area (Å²) in [6, 6.07) is 11.1. The van der Waals surface area contributed by atoms with Crippen molar-refractivity contribution in [3.8, 4) is 11.5 Å². The van der Waals surface area contributed by atoms with Crippen molar-refractivity contribution in [2.24, 2.45) is 17.8 Å². The van der Waals surface area contributed by atoms with Crippen molar-refractivity contribution >= 4 is 17.9 Å². The molecule has 3 heterocycles. The van der Waals surface area contributed by atoms with Crippen LogP contribution in [0.3, 0.4) is 0 Å². The number of rotatable bonds is 11. The van der Waals surface area contributed by atoms with Gasteiger partial charge in [-0.25, -0.2) is 14.4 Å². The smallest absolute Gasteiger partial charge is 0.343 e. The summed E-state index contributed by atoms with van der Waals surface area (Å²) in [5.74, 6) is -5.07. The van der Waals surface area contributed by atoms with Crippen LogP contribution in [0, 0.1) is 17.8 Å². The molecule has 2 aromatic carbocycles. The van der Waals surface area contributed by atoms with Crippen molar-refractivity contribution in [1.29, 1.82) is 0 Å². The number of hydrogen-bond donors (Lipinski definition) is 9. The SMILES string of the molecule is C[C@@H]1[C@H]2[C@@H](O[C@@H]3O[C@@H](CO)[C@H](O)[C@H](O)[C@H]3O)OC=C(C(=O)O)[C@H]2C[C@H]1OC(=O)c1cccc(OC(=O)c2cccc(O[C@H]3O[C@@H](CO)[C@H](O)[C@@H](O)[C@@H]3O)c2)c1. The monoisotopic (exact) mass is 778 g/mol. The predicted octanol–water partition coefficient (Wildman–Crippen LogP) is -1.98. The maximum absolute atomic E-state index is 13.4. The molecule has 19 heteroatoms. The van der Waals surface area contributed by atoms with Gasteiger partial charge < -0.3 is 79.1 Å². The molecule has 3 aliphatic heterocycles. The topological polar surface area (TPSA) is 298 Å². The summed E-state index contributed by atoms with van der Waals surface area (Å²) in [6.45, 7) is 0.331. The van der Waals surface area contributed by atoms with Gasteiger partial charge in [-0.1, -0.05) is 19.1 Å². The van der Waals surface area contributed by atoms with Crippen LogP contribution in [0.1, 0.15) is 34.1 Å². The molecule has 4 aliphatic rings. The Morgan fingerprint density at radius 2 is 1.29 bits per heavy atom. The summed E-state index contributed by atoms with van der Waals surface area (Å²) < 4.78 is 39.1. The number of ether oxygens (including phenoxy) is 7. The molecule has 19 nitrogen and oxygen atoms in total. The third-order valence-corrected chi connectivity index (χ3v) is 10.3. The van der Waals surface area contributed by atoms with E-state index in [-0.39, 0.29) is 34.6 Å². The first-order valence-electron chi connectivity index (χ1n) is 17.4. The Labute approximate surface area is 312 Å². The van der Waals surface area contributed by atoms with Crippen molar-refractivity contribution in [2.75, 3.05) is 13.2 Å². The van der Waals surface area contributed by atoms with Crippen LogP contribution in [0.15, 0.2) is 60.4 Å². The number of carbonyl (C=O) groups excluding carboxylic acids is 2. The number of esters is 2. The van der Waals surface area contributed by atoms with Crippen LogP contribution in [-0.4, -0.2) is 151 Å². The Kier molecular flexibility index (Phi) is 12.4. The lowest BCUT2D eigenvalue weighted by atomic mass is 9.83. The second kappa shape index (κ2) is 16.9. The molecule has 0 bridgehead atoms. The van der Waals surface area contributed by atoms with Crippen LogP contribution in [0.5, 0.6) is 11.5 Å². The van der Waals surface area contributed by atoms with Crippen molar-refractivity contribution in [2.45, 2.75) is 87.2 Å². The van der Waals surface area contributed by atoms with Gasteiger partial charge in [-0.15, -0.1) is 0 Å². The molecule has 0 aromatic heterocycles. The largest absolute Gasteiger partial charge is 0.478 e. The standard InChI is InChI=1S/C36H42O19/c1-14-21(10-19-20(31(45)46)13-49-34(24(14)19)55-36-30(44)28(42)26(40)23(12-38)54-36)52-33(48)16-5-2-6-17(8-16)50-32(47)15-4-3-7-18(9-15)51-35-29(43)27(41)25(39)22(11-37)53-35/h2-9,13-14,19,21-30,34-44H,10-12H2,1H3,(H,45,46)/t14-,19+,21+,22-,23-,24+,25-,26-,27+,28-,29-,30+,34+,35-,36-/m0/s1. The highest BCUT2D eigenvalue weighted by molar-refractivity contribution is 5.93. The molecule has 300 valence electrons. The molecular formula is C36H42O19. The Balaban J connectivity index is 1.11. The summed E-state index contributed by atoms with van der Waals surface area (Å²) in [5.41, 5.74) is -0.130. The van der Waals surface area contributed by atoms with Crippen molar-refractivity contribution < 1.29 is 93.5 Å². The van der Waals surface area contributed by atoms with Gasteiger partial charge in [0.25, 0.3) is 0 Å². The van der Waals surface area contributed by atoms with Gasteiger partial charge in [-0.05, 0) is 42.8 Å². The molecule has 55 heavy (non-hydrogen) atoms. The average Bonchev–Trinajstić information content (AvgIpc) is 3.50. The van der Waals surface area contributed by atoms with Crippen LogP contribution in [0.25, 0.3) is 0 Å². The Bertz CT molecular complexity index is 1730. The van der Waals surface area contributed by atoms with E-state index < -0.39 is 123 Å². The minimum atomic E-state index is -1.75. The van der Waals surface area contributed by atoms with Gasteiger partial charge in [0.05, 0.1) is 36.2 Å². The zero-order chi connectivity index (χ0) is 39.7. The fraction of sp³-hybridized carbons (Fsp3) is 0.528. The molecule has 15 atom stereocenters. The third-order valence-electron chi connectivity index (χ3n) is 10.3. The van der Waals surface area contributed by atoms with Gasteiger partial charge in [-0.2, -0.15) is 0 Å². The number of fused-ring (bicyclic) bond motifs is 1. The average molecular weight is 779 g/mol. The quantitative estimate of drug-likeness (QED) is 0.0882. The summed E-state index contributed by atoms with van der Waals surface area (Å²) in [6.07, 6.45) is -16.7. The molecular weight excluding hydrogens is 736 g/mol. The Morgan fingerprint density at radius 3 is 1.91 bits per heavy atom. The molecule has 2 aromatic rings. The molecule has 0 amide bonds. The number of carboxylic acid groups (broad SMARTS) is 1. The normalized spacial score (nSPS) is 37.2. The number of aliphatic carboxylic acids is 1. The number of carboxylic acids is 1. The Morgan fingerprint density at radius 1 is 0.727 bits per heavy atom. The van der Waals surface area contributed by atoms with E-state index >= 15 is 0 Å². The summed E-state index contributed by atoms with van der Waals surface area (Å²) >= 11 is 0. The Hall–Kier alpha value is -4.25. The number of aliphatic hydroxyl groups is 8. The second-order valence-corrected chi connectivity index (χ2v) is 13.7. The molecule has 2 saturated heterocycles. The van der Waals surface area contributed by atoms with E-state index in [1.807, 2.05) is 0 Å². The minimum absolute atomic E-state index is 0.00792. The lowest BCUT2D eigenvalue weighted by Crippen LogP contribution is -2.60. The van der Waals surface area contributed by atoms with E-state index in [4.69, 9.17) is 33.2 Å². The summed E-state index contributed by atoms with van der Waals surface area (Å²) in [5, 5.41) is 90.0. The highest BCUT2D eigenvalue weighted by Crippen LogP contribution is 2.48. The molecule has 3 fully saturated rings. The zero-order valence-electron chi connectivity index (χ0n) is 29.1. The number of carbonyl (C=O) groups is 3. The van der Waals surface area contributed by atoms with Gasteiger partial charge in [0.2, 0.25) is 12.6 Å². The molecule has 0 spiro atoms. The minimum Gasteiger partial charge on any atom is -0.478 e. The van der Waals surface area contributed by atoms with Crippen molar-refractivity contribution in [1.82, 2.24) is 0 Å². The van der Waals surface area contributed by atoms with E-state index in [1.165, 1.54) is 48.5 Å². The fourth-order valence-corrected chi connectivity index (χ4v) is 7.18. The summed E-state index contributed by atoms with van der Waals surface area (Å²) in [4.78, 5) is 38.6. The van der Waals surface area contributed by atoms with Gasteiger partial charge in [0, 0.05) is 17.8 Å². The lowest BCUT2D eigenvalue weighted by Gasteiger charge is -2.43. The van der Waals surface area contributed by atoms with Gasteiger partial charge in [-0.3, -0.25) is 0 Å². The van der Waals surface area contributed by atoms with Crippen LogP contribution in [0.2, 0.25) is 0 Å². The fourth-order valence-electron chi connectivity index (χ4n) is 7.18. The van der Waals surface area contributed by atoms with Crippen LogP contribution < -0.4 is 9.47 Å². The zero-order valence-corrected chi connectivity index (χ0v) is 29.1. The lowest BCUT2D eigenvalue weighted by molar-refractivity contribution is -0.342. The summed E-state index contributed by atoms with van der Waals surface area (Å²) in [7, 11) is 0. The second-order valence-electron chi connectivity index (χ2n) is 13.7. The van der Waals surface area contributed by atoms with Crippen LogP contribution in [0.4, 0.5) is 0 Å². The molecule has 6 rings (SSSR count). The van der Waals surface area contributed by atoms with E-state index in [2.05, 4.69) is 0 Å². The molecule has 1 saturated carbocycles. The van der Waals surface area contributed by atoms with E-state index in [0.29, 0.717) is 0 Å². The maximum Gasteiger partial charge on any atom is 0.343 e. The first kappa shape index (κ1) is 40.4. The van der Waals surface area contributed by atoms with Crippen LogP contribution in [-0.2, 0) is 28.5 Å². The molecule has 0 unspecified atom stereocenters. The first-order chi connectivity index (χ1) is 26.2. The molecule has 0 radical (unpaired) electrons. The van der Waals surface area contributed by atoms with Crippen molar-refractivity contribution in [3.05, 3.63) is 71.5 Å².